The summed E-state index contributed by atoms with van der Waals surface area (Å²) in [5.74, 6) is -4.35. The Bertz CT molecular complexity index is 369. The molecule has 108 valence electrons. The average molecular weight is 290 g/mol. The Hall–Kier alpha value is -1.22. The molecule has 0 radical (unpaired) electrons. The molecule has 0 fully saturated rings. The first-order valence-corrected chi connectivity index (χ1v) is 7.51. The van der Waals surface area contributed by atoms with Crippen LogP contribution in [0.25, 0.3) is 0 Å². The van der Waals surface area contributed by atoms with Crippen LogP contribution in [-0.4, -0.2) is 52.3 Å². The maximum absolute atomic E-state index is 11.2. The first kappa shape index (κ1) is 15.8. The maximum Gasteiger partial charge on any atom is 0.507 e. The third-order valence-electron chi connectivity index (χ3n) is 3.40. The molecule has 7 nitrogen and oxygen atoms in total. The zero-order chi connectivity index (χ0) is 14.6. The molecule has 1 aliphatic rings. The smallest absolute Gasteiger partial charge is 0.481 e. The van der Waals surface area contributed by atoms with Gasteiger partial charge in [0.1, 0.15) is 0 Å². The van der Waals surface area contributed by atoms with Crippen molar-refractivity contribution in [2.75, 3.05) is 21.3 Å². The highest BCUT2D eigenvalue weighted by Gasteiger charge is 2.50. The van der Waals surface area contributed by atoms with Crippen LogP contribution in [0.2, 0.25) is 5.54 Å². The molecule has 0 bridgehead atoms. The van der Waals surface area contributed by atoms with Gasteiger partial charge in [-0.3, -0.25) is 9.59 Å². The molecule has 8 heteroatoms. The molecule has 0 saturated heterocycles. The first-order valence-electron chi connectivity index (χ1n) is 5.71. The number of carboxylic acid groups (broad SMARTS) is 2. The van der Waals surface area contributed by atoms with E-state index in [0.717, 1.165) is 0 Å². The Labute approximate surface area is 112 Å². The molecule has 0 spiro atoms. The Morgan fingerprint density at radius 2 is 1.58 bits per heavy atom. The molecular weight excluding hydrogens is 272 g/mol. The van der Waals surface area contributed by atoms with Crippen molar-refractivity contribution < 1.29 is 33.1 Å². The summed E-state index contributed by atoms with van der Waals surface area (Å²) in [4.78, 5) is 22.2. The number of aliphatic carboxylic acids is 2. The first-order chi connectivity index (χ1) is 8.91. The van der Waals surface area contributed by atoms with Gasteiger partial charge >= 0.3 is 20.7 Å². The molecule has 3 unspecified atom stereocenters. The number of allylic oxidation sites excluding steroid dienone is 1. The van der Waals surface area contributed by atoms with Crippen molar-refractivity contribution in [1.29, 1.82) is 0 Å². The molecule has 3 atom stereocenters. The lowest BCUT2D eigenvalue weighted by molar-refractivity contribution is -0.152. The van der Waals surface area contributed by atoms with Gasteiger partial charge in [0.05, 0.1) is 11.8 Å². The van der Waals surface area contributed by atoms with E-state index >= 15 is 0 Å². The predicted octanol–water partition coefficient (Wildman–Crippen LogP) is 0.596. The van der Waals surface area contributed by atoms with Crippen LogP contribution in [0.15, 0.2) is 12.2 Å². The molecule has 2 N–H and O–H groups in total. The predicted molar refractivity (Wildman–Crippen MR) is 66.5 cm³/mol. The van der Waals surface area contributed by atoms with E-state index in [1.807, 2.05) is 0 Å². The number of carboxylic acids is 2. The highest BCUT2D eigenvalue weighted by molar-refractivity contribution is 6.63. The van der Waals surface area contributed by atoms with Crippen LogP contribution in [0.5, 0.6) is 0 Å². The Kier molecular flexibility index (Phi) is 5.24. The monoisotopic (exact) mass is 290 g/mol. The van der Waals surface area contributed by atoms with Crippen LogP contribution in [-0.2, 0) is 22.9 Å². The largest absolute Gasteiger partial charge is 0.507 e. The van der Waals surface area contributed by atoms with Crippen LogP contribution in [0.1, 0.15) is 6.42 Å². The van der Waals surface area contributed by atoms with Crippen molar-refractivity contribution in [2.45, 2.75) is 12.0 Å². The number of rotatable bonds is 6. The summed E-state index contributed by atoms with van der Waals surface area (Å²) in [5.41, 5.74) is -0.371. The van der Waals surface area contributed by atoms with Crippen LogP contribution in [0.4, 0.5) is 0 Å². The fourth-order valence-electron chi connectivity index (χ4n) is 2.36. The van der Waals surface area contributed by atoms with E-state index in [1.165, 1.54) is 27.4 Å². The van der Waals surface area contributed by atoms with Gasteiger partial charge in [0.15, 0.2) is 0 Å². The summed E-state index contributed by atoms with van der Waals surface area (Å²) in [6.45, 7) is 0. The van der Waals surface area contributed by atoms with Crippen molar-refractivity contribution >= 4 is 20.7 Å². The molecule has 1 aliphatic carbocycles. The summed E-state index contributed by atoms with van der Waals surface area (Å²) < 4.78 is 15.9. The molecule has 19 heavy (non-hydrogen) atoms. The van der Waals surface area contributed by atoms with E-state index in [4.69, 9.17) is 23.5 Å². The fourth-order valence-corrected chi connectivity index (χ4v) is 4.66. The minimum atomic E-state index is -3.01. The zero-order valence-electron chi connectivity index (χ0n) is 11.0. The summed E-state index contributed by atoms with van der Waals surface area (Å²) >= 11 is 0. The second-order valence-electron chi connectivity index (χ2n) is 4.25. The van der Waals surface area contributed by atoms with Crippen molar-refractivity contribution in [3.63, 3.8) is 0 Å². The van der Waals surface area contributed by atoms with E-state index in [9.17, 15) is 9.59 Å². The third-order valence-corrected chi connectivity index (χ3v) is 6.45. The van der Waals surface area contributed by atoms with Gasteiger partial charge in [0, 0.05) is 26.9 Å². The Morgan fingerprint density at radius 3 is 1.95 bits per heavy atom. The molecule has 0 heterocycles. The van der Waals surface area contributed by atoms with Gasteiger partial charge in [-0.05, 0) is 6.42 Å². The quantitative estimate of drug-likeness (QED) is 0.545. The fraction of sp³-hybridized carbons (Fsp3) is 0.636. The third kappa shape index (κ3) is 3.03. The van der Waals surface area contributed by atoms with Crippen molar-refractivity contribution in [3.05, 3.63) is 12.2 Å². The molecule has 0 saturated carbocycles. The molecule has 1 rings (SSSR count). The van der Waals surface area contributed by atoms with Crippen LogP contribution < -0.4 is 0 Å². The minimum absolute atomic E-state index is 0.116. The number of carbonyl (C=O) groups is 2. The Balaban J connectivity index is 3.05. The lowest BCUT2D eigenvalue weighted by atomic mass is 9.84. The molecule has 0 aliphatic heterocycles. The normalized spacial score (nSPS) is 27.2. The minimum Gasteiger partial charge on any atom is -0.481 e. The van der Waals surface area contributed by atoms with Crippen LogP contribution in [0.3, 0.4) is 0 Å². The molecule has 0 aromatic heterocycles. The molecule has 0 aromatic carbocycles. The van der Waals surface area contributed by atoms with Crippen molar-refractivity contribution in [1.82, 2.24) is 0 Å². The number of hydrogen-bond acceptors (Lipinski definition) is 5. The topological polar surface area (TPSA) is 102 Å². The Morgan fingerprint density at radius 1 is 1.05 bits per heavy atom. The van der Waals surface area contributed by atoms with Crippen LogP contribution in [0, 0.1) is 11.8 Å². The van der Waals surface area contributed by atoms with E-state index in [0.29, 0.717) is 0 Å². The summed E-state index contributed by atoms with van der Waals surface area (Å²) in [6.07, 6.45) is 3.12. The zero-order valence-corrected chi connectivity index (χ0v) is 12.0. The summed E-state index contributed by atoms with van der Waals surface area (Å²) in [6, 6.07) is 0. The van der Waals surface area contributed by atoms with Gasteiger partial charge in [-0.1, -0.05) is 12.2 Å². The van der Waals surface area contributed by atoms with Crippen molar-refractivity contribution in [3.8, 4) is 0 Å². The highest BCUT2D eigenvalue weighted by atomic mass is 28.4. The highest BCUT2D eigenvalue weighted by Crippen LogP contribution is 2.39. The van der Waals surface area contributed by atoms with Gasteiger partial charge in [0.25, 0.3) is 0 Å². The maximum atomic E-state index is 11.2. The van der Waals surface area contributed by atoms with Gasteiger partial charge in [0.2, 0.25) is 0 Å². The van der Waals surface area contributed by atoms with E-state index in [-0.39, 0.29) is 12.0 Å². The van der Waals surface area contributed by atoms with Gasteiger partial charge in [-0.25, -0.2) is 0 Å². The van der Waals surface area contributed by atoms with E-state index < -0.39 is 32.6 Å². The van der Waals surface area contributed by atoms with Crippen LogP contribution >= 0.6 is 0 Å². The molecular formula is C11H18O7Si. The second-order valence-corrected chi connectivity index (χ2v) is 7.43. The lowest BCUT2D eigenvalue weighted by Gasteiger charge is -2.35. The average Bonchev–Trinajstić information content (AvgIpc) is 2.41. The molecule has 0 amide bonds. The molecule has 0 aromatic rings. The second kappa shape index (κ2) is 6.28. The van der Waals surface area contributed by atoms with Gasteiger partial charge < -0.3 is 23.5 Å². The van der Waals surface area contributed by atoms with E-state index in [2.05, 4.69) is 0 Å². The summed E-state index contributed by atoms with van der Waals surface area (Å²) in [7, 11) is 1.30. The van der Waals surface area contributed by atoms with Gasteiger partial charge in [-0.2, -0.15) is 0 Å². The number of hydrogen-bond donors (Lipinski definition) is 2. The summed E-state index contributed by atoms with van der Waals surface area (Å²) in [5, 5.41) is 18.2. The lowest BCUT2D eigenvalue weighted by Crippen LogP contribution is -2.49. The van der Waals surface area contributed by atoms with E-state index in [1.54, 1.807) is 6.08 Å². The van der Waals surface area contributed by atoms with Crippen molar-refractivity contribution in [2.24, 2.45) is 11.8 Å². The standard InChI is InChI=1S/C11H18O7Si/c1-16-19(17-2,18-3)7-4-5-8(10(12)13)9(6-7)11(14)15/h4-5,7-9H,6H2,1-3H3,(H,12,13)(H,14,15). The van der Waals surface area contributed by atoms with Gasteiger partial charge in [-0.15, -0.1) is 0 Å². The SMILES string of the molecule is CO[Si](OC)(OC)C1C=CC(C(=O)O)C(C(=O)O)C1.